The molecule has 0 bridgehead atoms. The van der Waals surface area contributed by atoms with Gasteiger partial charge in [-0.25, -0.2) is 14.8 Å². The molecule has 1 aliphatic heterocycles. The van der Waals surface area contributed by atoms with Gasteiger partial charge in [0.15, 0.2) is 5.13 Å². The van der Waals surface area contributed by atoms with Gasteiger partial charge in [0.05, 0.1) is 36.6 Å². The number of carbonyl (C=O) groups is 3. The number of hydrogen-bond donors (Lipinski definition) is 4. The first kappa shape index (κ1) is 47.8. The molecule has 14 nitrogen and oxygen atoms in total. The normalized spacial score (nSPS) is 22.6. The second-order valence-corrected chi connectivity index (χ2v) is 21.9. The minimum Gasteiger partial charge on any atom is -0.497 e. The Morgan fingerprint density at radius 2 is 1.80 bits per heavy atom. The summed E-state index contributed by atoms with van der Waals surface area (Å²) in [6.45, 7) is 13.0. The van der Waals surface area contributed by atoms with Crippen LogP contribution < -0.4 is 25.4 Å². The molecule has 2 aromatic carbocycles. The van der Waals surface area contributed by atoms with Gasteiger partial charge in [-0.1, -0.05) is 45.0 Å². The van der Waals surface area contributed by atoms with Gasteiger partial charge in [-0.05, 0) is 75.1 Å². The van der Waals surface area contributed by atoms with E-state index in [9.17, 15) is 37.0 Å². The van der Waals surface area contributed by atoms with Crippen molar-refractivity contribution in [1.29, 1.82) is 0 Å². The molecule has 4 aromatic rings. The number of anilines is 1. The first-order valence-electron chi connectivity index (χ1n) is 21.7. The largest absolute Gasteiger partial charge is 0.497 e. The summed E-state index contributed by atoms with van der Waals surface area (Å²) < 4.78 is 73.2. The van der Waals surface area contributed by atoms with Crippen LogP contribution in [0.4, 0.5) is 23.1 Å². The van der Waals surface area contributed by atoms with Gasteiger partial charge in [0.2, 0.25) is 19.2 Å². The number of halogens is 3. The Morgan fingerprint density at radius 1 is 1.06 bits per heavy atom. The van der Waals surface area contributed by atoms with Crippen LogP contribution in [-0.4, -0.2) is 86.9 Å². The number of alkyl carbamates (subject to hydrolysis) is 1. The average molecular weight is 941 g/mol. The quantitative estimate of drug-likeness (QED) is 0.0659. The molecule has 19 heteroatoms. The minimum atomic E-state index is -4.68. The molecule has 6 atom stereocenters. The number of aromatic nitrogens is 2. The van der Waals surface area contributed by atoms with Crippen molar-refractivity contribution in [3.05, 3.63) is 77.7 Å². The summed E-state index contributed by atoms with van der Waals surface area (Å²) in [7, 11) is -2.98. The van der Waals surface area contributed by atoms with Gasteiger partial charge in [0.25, 0.3) is 0 Å². The number of nitrogens with one attached hydrogen (secondary N) is 3. The Balaban J connectivity index is 1.22. The van der Waals surface area contributed by atoms with Crippen LogP contribution in [0.5, 0.6) is 11.5 Å². The third-order valence-electron chi connectivity index (χ3n) is 12.1. The topological polar surface area (TPSA) is 181 Å². The summed E-state index contributed by atoms with van der Waals surface area (Å²) in [6, 6.07) is 8.92. The predicted octanol–water partition coefficient (Wildman–Crippen LogP) is 9.13. The molecule has 1 unspecified atom stereocenters. The molecule has 65 heavy (non-hydrogen) atoms. The van der Waals surface area contributed by atoms with E-state index in [0.717, 1.165) is 31.0 Å². The zero-order valence-corrected chi connectivity index (χ0v) is 38.9. The molecule has 4 N–H and O–H groups in total. The summed E-state index contributed by atoms with van der Waals surface area (Å²) in [5.74, 6) is -1.14. The second kappa shape index (κ2) is 18.6. The van der Waals surface area contributed by atoms with Gasteiger partial charge in [0, 0.05) is 41.3 Å². The van der Waals surface area contributed by atoms with Crippen molar-refractivity contribution in [2.45, 2.75) is 121 Å². The van der Waals surface area contributed by atoms with E-state index in [2.05, 4.69) is 22.5 Å². The SMILES string of the molecule is C=C[C@@H]1C[C@]1(NC(=O)[C@@H]1C[C@@H](Oc2cc(-c3csc(NC(C)C)n3)nc3cc(OC)ccc23)CN1C(=O)[C@@H](NC(=O)OC1CCCC1)C(C)(C)C)P(=O)(O)Cc1cccc(C(F)(F)F)c1. The fraction of sp³-hybridized carbons (Fsp3) is 0.500. The summed E-state index contributed by atoms with van der Waals surface area (Å²) in [4.78, 5) is 65.6. The molecular weight excluding hydrogens is 885 g/mol. The Bertz CT molecular complexity index is 2490. The van der Waals surface area contributed by atoms with Gasteiger partial charge in [0.1, 0.15) is 46.8 Å². The molecule has 3 heterocycles. The lowest BCUT2D eigenvalue weighted by molar-refractivity contribution is -0.142. The van der Waals surface area contributed by atoms with Crippen molar-refractivity contribution in [2.75, 3.05) is 19.0 Å². The van der Waals surface area contributed by atoms with Crippen LogP contribution in [0.15, 0.2) is 66.6 Å². The number of pyridine rings is 1. The summed E-state index contributed by atoms with van der Waals surface area (Å²) >= 11 is 1.42. The molecule has 2 saturated carbocycles. The first-order valence-corrected chi connectivity index (χ1v) is 24.4. The summed E-state index contributed by atoms with van der Waals surface area (Å²) in [5, 5.41) is 10.3. The van der Waals surface area contributed by atoms with Crippen LogP contribution in [0.1, 0.15) is 84.3 Å². The third kappa shape index (κ3) is 10.6. The second-order valence-electron chi connectivity index (χ2n) is 18.5. The molecule has 0 radical (unpaired) electrons. The molecule has 3 aliphatic rings. The number of likely N-dealkylation sites (tertiary alicyclic amines) is 1. The number of carbonyl (C=O) groups excluding carboxylic acids is 3. The average Bonchev–Trinajstić information content (AvgIpc) is 3.63. The van der Waals surface area contributed by atoms with Crippen LogP contribution in [-0.2, 0) is 31.2 Å². The first-order chi connectivity index (χ1) is 30.6. The number of benzene rings is 2. The van der Waals surface area contributed by atoms with Gasteiger partial charge in [-0.3, -0.25) is 14.2 Å². The van der Waals surface area contributed by atoms with Crippen molar-refractivity contribution in [1.82, 2.24) is 25.5 Å². The maximum atomic E-state index is 14.9. The van der Waals surface area contributed by atoms with E-state index in [-0.39, 0.29) is 37.1 Å². The number of ether oxygens (including phenoxy) is 3. The Hall–Kier alpha value is -5.19. The van der Waals surface area contributed by atoms with Crippen molar-refractivity contribution >= 4 is 52.6 Å². The van der Waals surface area contributed by atoms with E-state index < -0.39 is 78.0 Å². The van der Waals surface area contributed by atoms with E-state index >= 15 is 0 Å². The lowest BCUT2D eigenvalue weighted by Crippen LogP contribution is -2.58. The Kier molecular flexibility index (Phi) is 13.7. The fourth-order valence-electron chi connectivity index (χ4n) is 8.63. The molecule has 2 aliphatic carbocycles. The molecule has 2 aromatic heterocycles. The van der Waals surface area contributed by atoms with Gasteiger partial charge < -0.3 is 40.0 Å². The maximum Gasteiger partial charge on any atom is 0.416 e. The fourth-order valence-corrected chi connectivity index (χ4v) is 11.8. The van der Waals surface area contributed by atoms with Crippen LogP contribution >= 0.6 is 18.7 Å². The number of methoxy groups -OCH3 is 1. The van der Waals surface area contributed by atoms with E-state index in [1.54, 1.807) is 52.1 Å². The van der Waals surface area contributed by atoms with E-state index in [1.807, 2.05) is 19.2 Å². The number of rotatable bonds is 15. The van der Waals surface area contributed by atoms with Crippen molar-refractivity contribution in [3.8, 4) is 22.9 Å². The monoisotopic (exact) mass is 940 g/mol. The van der Waals surface area contributed by atoms with Gasteiger partial charge in [-0.2, -0.15) is 13.2 Å². The number of amides is 3. The van der Waals surface area contributed by atoms with Gasteiger partial charge >= 0.3 is 12.3 Å². The molecule has 1 saturated heterocycles. The summed E-state index contributed by atoms with van der Waals surface area (Å²) in [5.41, 5.74) is -0.270. The number of alkyl halides is 3. The molecule has 350 valence electrons. The van der Waals surface area contributed by atoms with Crippen LogP contribution in [0.25, 0.3) is 22.3 Å². The lowest BCUT2D eigenvalue weighted by Gasteiger charge is -2.36. The van der Waals surface area contributed by atoms with Crippen molar-refractivity contribution < 1.29 is 51.2 Å². The Morgan fingerprint density at radius 3 is 2.45 bits per heavy atom. The highest BCUT2D eigenvalue weighted by molar-refractivity contribution is 7.59. The molecule has 7 rings (SSSR count). The molecule has 0 spiro atoms. The number of thiazole rings is 1. The highest BCUT2D eigenvalue weighted by atomic mass is 32.1. The highest BCUT2D eigenvalue weighted by Crippen LogP contribution is 2.71. The maximum absolute atomic E-state index is 14.9. The predicted molar refractivity (Wildman–Crippen MR) is 242 cm³/mol. The lowest BCUT2D eigenvalue weighted by atomic mass is 9.85. The number of nitrogens with zero attached hydrogens (tertiary/aromatic N) is 3. The zero-order chi connectivity index (χ0) is 47.1. The third-order valence-corrected chi connectivity index (χ3v) is 15.6. The van der Waals surface area contributed by atoms with Crippen molar-refractivity contribution in [3.63, 3.8) is 0 Å². The van der Waals surface area contributed by atoms with Gasteiger partial charge in [-0.15, -0.1) is 17.9 Å². The minimum absolute atomic E-state index is 0.00494. The molecule has 3 fully saturated rings. The van der Waals surface area contributed by atoms with E-state index in [1.165, 1.54) is 28.4 Å². The van der Waals surface area contributed by atoms with E-state index in [0.29, 0.717) is 51.8 Å². The standard InChI is InChI=1S/C46H56F3N6O8PS/c1-8-28-22-45(28,64(59,60)24-27-12-11-13-29(18-27)46(47,48)49)54-40(56)37-20-32(23-55(37)41(57)39(44(4,5)6)53-43(58)63-30-14-9-10-15-30)62-38-21-35(36-25-65-42(52-36)50-26(2)3)51-34-19-31(61-7)16-17-33(34)38/h8,11-13,16-19,21,25-26,28,30,32,37,39H,1,9-10,14-15,20,22-24H2,2-7H3,(H,50,52)(H,53,58)(H,54,56)(H,59,60)/t28-,32-,37+,39-,45+/m1/s1. The highest BCUT2D eigenvalue weighted by Gasteiger charge is 2.66. The zero-order valence-electron chi connectivity index (χ0n) is 37.2. The van der Waals surface area contributed by atoms with Crippen LogP contribution in [0.2, 0.25) is 0 Å². The molecule has 3 amide bonds. The Labute approximate surface area is 380 Å². The van der Waals surface area contributed by atoms with Crippen LogP contribution in [0.3, 0.4) is 0 Å². The number of fused-ring (bicyclic) bond motifs is 1. The van der Waals surface area contributed by atoms with Crippen LogP contribution in [0, 0.1) is 11.3 Å². The smallest absolute Gasteiger partial charge is 0.416 e. The number of hydrogen-bond acceptors (Lipinski definition) is 11. The summed E-state index contributed by atoms with van der Waals surface area (Å²) in [6.07, 6.45) is -2.60. The van der Waals surface area contributed by atoms with E-state index in [4.69, 9.17) is 24.2 Å². The van der Waals surface area contributed by atoms with Crippen molar-refractivity contribution in [2.24, 2.45) is 11.3 Å². The molecular formula is C46H56F3N6O8PS.